The highest BCUT2D eigenvalue weighted by Crippen LogP contribution is 2.35. The van der Waals surface area contributed by atoms with Gasteiger partial charge in [0.05, 0.1) is 30.6 Å². The van der Waals surface area contributed by atoms with E-state index in [9.17, 15) is 9.59 Å². The molecule has 0 spiro atoms. The molecule has 0 aromatic heterocycles. The Morgan fingerprint density at radius 3 is 2.50 bits per heavy atom. The molecule has 1 atom stereocenters. The fraction of sp³-hybridized carbons (Fsp3) is 0.579. The topological polar surface area (TPSA) is 79.9 Å². The molecule has 1 aromatic rings. The van der Waals surface area contributed by atoms with Crippen LogP contribution in [0, 0.1) is 0 Å². The van der Waals surface area contributed by atoms with Crippen molar-refractivity contribution in [2.75, 3.05) is 30.4 Å². The van der Waals surface area contributed by atoms with E-state index in [2.05, 4.69) is 15.5 Å². The molecule has 0 bridgehead atoms. The fourth-order valence-electron chi connectivity index (χ4n) is 2.61. The molecule has 1 aliphatic rings. The van der Waals surface area contributed by atoms with Crippen molar-refractivity contribution < 1.29 is 20.5 Å². The number of anilines is 2. The third-order valence-corrected chi connectivity index (χ3v) is 3.61. The molecule has 7 heteroatoms. The zero-order valence-electron chi connectivity index (χ0n) is 16.8. The SMILES string of the molecule is CC.CCN1c2cc(C(=O)OC)ccc2NC1CNC(=O)OC(C)(C)C.[HH]. The number of benzene rings is 1. The van der Waals surface area contributed by atoms with E-state index in [0.29, 0.717) is 12.1 Å². The third-order valence-electron chi connectivity index (χ3n) is 3.61. The van der Waals surface area contributed by atoms with Gasteiger partial charge < -0.3 is 25.0 Å². The van der Waals surface area contributed by atoms with Gasteiger partial charge in [-0.25, -0.2) is 9.59 Å². The van der Waals surface area contributed by atoms with Crippen molar-refractivity contribution in [3.63, 3.8) is 0 Å². The Labute approximate surface area is 157 Å². The number of carbonyl (C=O) groups excluding carboxylic acids is 2. The van der Waals surface area contributed by atoms with Gasteiger partial charge >= 0.3 is 12.1 Å². The number of esters is 1. The summed E-state index contributed by atoms with van der Waals surface area (Å²) in [4.78, 5) is 25.6. The third kappa shape index (κ3) is 5.54. The molecular weight excluding hydrogens is 334 g/mol. The minimum absolute atomic E-state index is 0. The van der Waals surface area contributed by atoms with E-state index in [1.807, 2.05) is 47.6 Å². The van der Waals surface area contributed by atoms with Crippen LogP contribution >= 0.6 is 0 Å². The number of alkyl carbamates (subject to hydrolysis) is 1. The average molecular weight is 367 g/mol. The summed E-state index contributed by atoms with van der Waals surface area (Å²) in [6.45, 7) is 12.6. The van der Waals surface area contributed by atoms with Crippen LogP contribution in [-0.2, 0) is 9.47 Å². The summed E-state index contributed by atoms with van der Waals surface area (Å²) >= 11 is 0. The maximum Gasteiger partial charge on any atom is 0.407 e. The second kappa shape index (κ2) is 9.31. The number of likely N-dealkylation sites (N-methyl/N-ethyl adjacent to an activating group) is 1. The summed E-state index contributed by atoms with van der Waals surface area (Å²) in [6, 6.07) is 5.36. The normalized spacial score (nSPS) is 15.2. The highest BCUT2D eigenvalue weighted by molar-refractivity contribution is 5.93. The Kier molecular flexibility index (Phi) is 7.74. The van der Waals surface area contributed by atoms with Crippen molar-refractivity contribution in [2.24, 2.45) is 0 Å². The summed E-state index contributed by atoms with van der Waals surface area (Å²) in [6.07, 6.45) is -0.558. The molecule has 0 fully saturated rings. The van der Waals surface area contributed by atoms with E-state index in [1.54, 1.807) is 12.1 Å². The number of fused-ring (bicyclic) bond motifs is 1. The fourth-order valence-corrected chi connectivity index (χ4v) is 2.61. The van der Waals surface area contributed by atoms with Gasteiger partial charge in [-0.1, -0.05) is 13.8 Å². The highest BCUT2D eigenvalue weighted by atomic mass is 16.6. The summed E-state index contributed by atoms with van der Waals surface area (Å²) < 4.78 is 10.0. The lowest BCUT2D eigenvalue weighted by Crippen LogP contribution is -2.46. The largest absolute Gasteiger partial charge is 0.465 e. The van der Waals surface area contributed by atoms with Crippen molar-refractivity contribution >= 4 is 23.4 Å². The molecular formula is C19H33N3O4. The smallest absolute Gasteiger partial charge is 0.407 e. The van der Waals surface area contributed by atoms with Gasteiger partial charge in [0.15, 0.2) is 0 Å². The molecule has 1 aromatic carbocycles. The van der Waals surface area contributed by atoms with Crippen LogP contribution in [0.15, 0.2) is 18.2 Å². The van der Waals surface area contributed by atoms with E-state index in [4.69, 9.17) is 9.47 Å². The number of carbonyl (C=O) groups is 2. The van der Waals surface area contributed by atoms with E-state index >= 15 is 0 Å². The first-order valence-corrected chi connectivity index (χ1v) is 8.97. The molecule has 7 nitrogen and oxygen atoms in total. The monoisotopic (exact) mass is 367 g/mol. The molecule has 1 heterocycles. The van der Waals surface area contributed by atoms with Gasteiger partial charge in [-0.05, 0) is 45.9 Å². The van der Waals surface area contributed by atoms with Gasteiger partial charge in [-0.3, -0.25) is 0 Å². The van der Waals surface area contributed by atoms with E-state index in [0.717, 1.165) is 17.9 Å². The van der Waals surface area contributed by atoms with E-state index in [-0.39, 0.29) is 13.6 Å². The predicted molar refractivity (Wildman–Crippen MR) is 106 cm³/mol. The summed E-state index contributed by atoms with van der Waals surface area (Å²) in [5, 5.41) is 6.11. The van der Waals surface area contributed by atoms with Crippen molar-refractivity contribution in [1.82, 2.24) is 5.32 Å². The van der Waals surface area contributed by atoms with Crippen LogP contribution in [0.3, 0.4) is 0 Å². The van der Waals surface area contributed by atoms with Crippen LogP contribution in [0.4, 0.5) is 16.2 Å². The van der Waals surface area contributed by atoms with Crippen LogP contribution in [0.5, 0.6) is 0 Å². The maximum atomic E-state index is 11.8. The van der Waals surface area contributed by atoms with Crippen LogP contribution < -0.4 is 15.5 Å². The van der Waals surface area contributed by atoms with Gasteiger partial charge in [-0.15, -0.1) is 0 Å². The first-order valence-electron chi connectivity index (χ1n) is 8.97. The van der Waals surface area contributed by atoms with Gasteiger partial charge in [0.2, 0.25) is 0 Å². The summed E-state index contributed by atoms with van der Waals surface area (Å²) in [7, 11) is 1.36. The van der Waals surface area contributed by atoms with Crippen LogP contribution in [0.1, 0.15) is 53.3 Å². The summed E-state index contributed by atoms with van der Waals surface area (Å²) in [5.41, 5.74) is 1.80. The zero-order valence-corrected chi connectivity index (χ0v) is 16.8. The van der Waals surface area contributed by atoms with Gasteiger partial charge in [0.1, 0.15) is 11.8 Å². The standard InChI is InChI=1S/C17H25N3O4.C2H6.H2/c1-6-20-13-9-11(15(21)23-5)7-8-12(13)19-14(20)10-18-16(22)24-17(2,3)4;1-2;/h7-9,14,19H,6,10H2,1-5H3,(H,18,22);1-2H3;1H. The minimum Gasteiger partial charge on any atom is -0.465 e. The zero-order chi connectivity index (χ0) is 19.9. The molecule has 0 aliphatic carbocycles. The lowest BCUT2D eigenvalue weighted by atomic mass is 10.1. The van der Waals surface area contributed by atoms with Crippen LogP contribution in [0.25, 0.3) is 0 Å². The second-order valence-electron chi connectivity index (χ2n) is 6.55. The van der Waals surface area contributed by atoms with Gasteiger partial charge in [0, 0.05) is 7.97 Å². The van der Waals surface area contributed by atoms with Crippen molar-refractivity contribution in [2.45, 2.75) is 53.3 Å². The number of hydrogen-bond donors (Lipinski definition) is 2. The Morgan fingerprint density at radius 2 is 1.96 bits per heavy atom. The number of rotatable bonds is 4. The molecule has 2 rings (SSSR count). The molecule has 1 aliphatic heterocycles. The highest BCUT2D eigenvalue weighted by Gasteiger charge is 2.29. The quantitative estimate of drug-likeness (QED) is 0.787. The van der Waals surface area contributed by atoms with Crippen molar-refractivity contribution in [3.8, 4) is 0 Å². The Bertz CT molecular complexity index is 632. The number of methoxy groups -OCH3 is 1. The second-order valence-corrected chi connectivity index (χ2v) is 6.55. The van der Waals surface area contributed by atoms with E-state index in [1.165, 1.54) is 7.11 Å². The van der Waals surface area contributed by atoms with Gasteiger partial charge in [-0.2, -0.15) is 0 Å². The lowest BCUT2D eigenvalue weighted by Gasteiger charge is -2.26. The van der Waals surface area contributed by atoms with Gasteiger partial charge in [0.25, 0.3) is 0 Å². The minimum atomic E-state index is -0.532. The molecule has 26 heavy (non-hydrogen) atoms. The summed E-state index contributed by atoms with van der Waals surface area (Å²) in [5.74, 6) is -0.371. The Morgan fingerprint density at radius 1 is 1.31 bits per heavy atom. The maximum absolute atomic E-state index is 11.8. The molecule has 0 saturated carbocycles. The average Bonchev–Trinajstić information content (AvgIpc) is 2.96. The first-order chi connectivity index (χ1) is 12.2. The lowest BCUT2D eigenvalue weighted by molar-refractivity contribution is 0.0524. The number of nitrogens with zero attached hydrogens (tertiary/aromatic N) is 1. The van der Waals surface area contributed by atoms with Crippen molar-refractivity contribution in [3.05, 3.63) is 23.8 Å². The first kappa shape index (κ1) is 21.6. The van der Waals surface area contributed by atoms with Crippen LogP contribution in [0.2, 0.25) is 0 Å². The molecule has 1 amide bonds. The molecule has 1 unspecified atom stereocenters. The van der Waals surface area contributed by atoms with Crippen molar-refractivity contribution in [1.29, 1.82) is 0 Å². The molecule has 2 N–H and O–H groups in total. The molecule has 148 valence electrons. The predicted octanol–water partition coefficient (Wildman–Crippen LogP) is 3.85. The Balaban J connectivity index is 0.00000218. The molecule has 0 radical (unpaired) electrons. The van der Waals surface area contributed by atoms with E-state index < -0.39 is 11.7 Å². The number of amides is 1. The van der Waals surface area contributed by atoms with Crippen LogP contribution in [-0.4, -0.2) is 44.0 Å². The number of hydrogen-bond acceptors (Lipinski definition) is 6. The number of nitrogens with one attached hydrogen (secondary N) is 2. The number of ether oxygens (including phenoxy) is 2. The molecule has 0 saturated heterocycles. The Hall–Kier alpha value is -2.44.